The molecule has 2 aromatic carbocycles. The molecule has 4 heteroatoms. The predicted octanol–water partition coefficient (Wildman–Crippen LogP) is 5.93. The van der Waals surface area contributed by atoms with Gasteiger partial charge in [0.25, 0.3) is 0 Å². The molecule has 0 bridgehead atoms. The largest absolute Gasteiger partial charge is 0.494 e. The van der Waals surface area contributed by atoms with Gasteiger partial charge in [0.2, 0.25) is 0 Å². The minimum atomic E-state index is 0.792. The summed E-state index contributed by atoms with van der Waals surface area (Å²) in [5.74, 6) is 3.16. The van der Waals surface area contributed by atoms with Gasteiger partial charge in [0.05, 0.1) is 18.5 Å². The minimum absolute atomic E-state index is 0.792. The summed E-state index contributed by atoms with van der Waals surface area (Å²) in [7, 11) is 0. The van der Waals surface area contributed by atoms with E-state index >= 15 is 0 Å². The van der Waals surface area contributed by atoms with Crippen LogP contribution in [0.25, 0.3) is 5.69 Å². The van der Waals surface area contributed by atoms with E-state index in [0.29, 0.717) is 0 Å². The van der Waals surface area contributed by atoms with Crippen LogP contribution in [0.15, 0.2) is 54.7 Å². The molecule has 0 saturated heterocycles. The van der Waals surface area contributed by atoms with Crippen molar-refractivity contribution in [1.82, 2.24) is 9.55 Å². The molecule has 0 aliphatic carbocycles. The molecule has 1 aliphatic heterocycles. The molecule has 4 rings (SSSR count). The topological polar surface area (TPSA) is 39.1 Å². The van der Waals surface area contributed by atoms with Crippen LogP contribution in [0, 0.1) is 0 Å². The van der Waals surface area contributed by atoms with Crippen molar-refractivity contribution in [3.05, 3.63) is 71.7 Å². The Hall–Kier alpha value is -2.75. The number of aromatic nitrogens is 2. The number of rotatable bonds is 10. The maximum Gasteiger partial charge on any atom is 0.131 e. The van der Waals surface area contributed by atoms with Crippen LogP contribution in [0.5, 0.6) is 5.75 Å². The highest BCUT2D eigenvalue weighted by Crippen LogP contribution is 2.31. The van der Waals surface area contributed by atoms with Gasteiger partial charge in [0.1, 0.15) is 17.4 Å². The lowest BCUT2D eigenvalue weighted by atomic mass is 10.0. The number of ether oxygens (including phenoxy) is 1. The van der Waals surface area contributed by atoms with Crippen LogP contribution >= 0.6 is 0 Å². The molecule has 0 unspecified atom stereocenters. The van der Waals surface area contributed by atoms with Crippen LogP contribution in [0.2, 0.25) is 0 Å². The van der Waals surface area contributed by atoms with Crippen molar-refractivity contribution in [3.63, 3.8) is 0 Å². The molecule has 1 aromatic heterocycles. The summed E-state index contributed by atoms with van der Waals surface area (Å²) in [6.45, 7) is 3.85. The van der Waals surface area contributed by atoms with Crippen molar-refractivity contribution in [3.8, 4) is 11.4 Å². The molecular formula is C25H31N3O. The van der Waals surface area contributed by atoms with Gasteiger partial charge in [-0.05, 0) is 42.2 Å². The van der Waals surface area contributed by atoms with Gasteiger partial charge in [-0.1, -0.05) is 62.9 Å². The normalized spacial score (nSPS) is 12.3. The number of fused-ring (bicyclic) bond motifs is 3. The molecular weight excluding hydrogens is 358 g/mol. The molecule has 0 atom stereocenters. The van der Waals surface area contributed by atoms with Crippen LogP contribution in [-0.4, -0.2) is 16.2 Å². The molecule has 0 spiro atoms. The van der Waals surface area contributed by atoms with Crippen LogP contribution < -0.4 is 10.1 Å². The van der Waals surface area contributed by atoms with Gasteiger partial charge < -0.3 is 10.1 Å². The van der Waals surface area contributed by atoms with E-state index in [0.717, 1.165) is 49.8 Å². The van der Waals surface area contributed by atoms with E-state index in [1.165, 1.54) is 42.5 Å². The standard InChI is InChI=1S/C25H31N3O/c1-2-3-4-5-9-16-29-22-13-14-23-21(17-22)12-15-24-27-19-25(28(23)24)26-18-20-10-7-6-8-11-20/h6-8,10-11,13-14,17,19,26H,2-5,9,12,15-16,18H2,1H3. The van der Waals surface area contributed by atoms with Gasteiger partial charge in [-0.2, -0.15) is 0 Å². The summed E-state index contributed by atoms with van der Waals surface area (Å²) >= 11 is 0. The zero-order valence-corrected chi connectivity index (χ0v) is 17.4. The van der Waals surface area contributed by atoms with Crippen LogP contribution in [0.1, 0.15) is 56.0 Å². The molecule has 1 aliphatic rings. The Bertz CT molecular complexity index is 917. The Kier molecular flexibility index (Phi) is 6.50. The molecule has 1 N–H and O–H groups in total. The number of benzene rings is 2. The maximum atomic E-state index is 6.02. The second kappa shape index (κ2) is 9.64. The number of hydrogen-bond acceptors (Lipinski definition) is 3. The highest BCUT2D eigenvalue weighted by Gasteiger charge is 2.20. The molecule has 0 amide bonds. The van der Waals surface area contributed by atoms with Crippen LogP contribution in [-0.2, 0) is 19.4 Å². The summed E-state index contributed by atoms with van der Waals surface area (Å²) in [5, 5.41) is 3.55. The van der Waals surface area contributed by atoms with Gasteiger partial charge >= 0.3 is 0 Å². The van der Waals surface area contributed by atoms with Crippen LogP contribution in [0.4, 0.5) is 5.82 Å². The van der Waals surface area contributed by atoms with Gasteiger partial charge in [0, 0.05) is 13.0 Å². The van der Waals surface area contributed by atoms with Gasteiger partial charge in [-0.15, -0.1) is 0 Å². The first-order valence-corrected chi connectivity index (χ1v) is 11.0. The van der Waals surface area contributed by atoms with E-state index in [9.17, 15) is 0 Å². The van der Waals surface area contributed by atoms with E-state index < -0.39 is 0 Å². The van der Waals surface area contributed by atoms with Crippen molar-refractivity contribution < 1.29 is 4.74 Å². The summed E-state index contributed by atoms with van der Waals surface area (Å²) in [6, 6.07) is 17.0. The van der Waals surface area contributed by atoms with E-state index in [2.05, 4.69) is 64.3 Å². The van der Waals surface area contributed by atoms with Gasteiger partial charge in [-0.3, -0.25) is 4.57 Å². The number of unbranched alkanes of at least 4 members (excludes halogenated alkanes) is 4. The predicted molar refractivity (Wildman–Crippen MR) is 119 cm³/mol. The summed E-state index contributed by atoms with van der Waals surface area (Å²) in [5.41, 5.74) is 3.82. The molecule has 152 valence electrons. The third kappa shape index (κ3) is 4.81. The lowest BCUT2D eigenvalue weighted by Crippen LogP contribution is -2.15. The van der Waals surface area contributed by atoms with Gasteiger partial charge in [0.15, 0.2) is 0 Å². The van der Waals surface area contributed by atoms with E-state index in [1.807, 2.05) is 12.3 Å². The number of hydrogen-bond donors (Lipinski definition) is 1. The van der Waals surface area contributed by atoms with Crippen LogP contribution in [0.3, 0.4) is 0 Å². The Labute approximate surface area is 173 Å². The van der Waals surface area contributed by atoms with Crippen molar-refractivity contribution in [2.45, 2.75) is 58.4 Å². The Morgan fingerprint density at radius 3 is 2.72 bits per heavy atom. The molecule has 29 heavy (non-hydrogen) atoms. The zero-order chi connectivity index (χ0) is 19.9. The fraction of sp³-hybridized carbons (Fsp3) is 0.400. The first-order chi connectivity index (χ1) is 14.3. The van der Waals surface area contributed by atoms with Crippen molar-refractivity contribution in [2.24, 2.45) is 0 Å². The average Bonchev–Trinajstić information content (AvgIpc) is 3.19. The number of anilines is 1. The highest BCUT2D eigenvalue weighted by molar-refractivity contribution is 5.55. The smallest absolute Gasteiger partial charge is 0.131 e. The lowest BCUT2D eigenvalue weighted by molar-refractivity contribution is 0.304. The highest BCUT2D eigenvalue weighted by atomic mass is 16.5. The van der Waals surface area contributed by atoms with E-state index in [1.54, 1.807) is 0 Å². The monoisotopic (exact) mass is 389 g/mol. The average molecular weight is 390 g/mol. The summed E-state index contributed by atoms with van der Waals surface area (Å²) in [6.07, 6.45) is 10.2. The quantitative estimate of drug-likeness (QED) is 0.437. The molecule has 2 heterocycles. The van der Waals surface area contributed by atoms with E-state index in [4.69, 9.17) is 4.74 Å². The lowest BCUT2D eigenvalue weighted by Gasteiger charge is -2.22. The fourth-order valence-corrected chi connectivity index (χ4v) is 3.96. The second-order valence-corrected chi connectivity index (χ2v) is 7.79. The van der Waals surface area contributed by atoms with Crippen molar-refractivity contribution >= 4 is 5.82 Å². The summed E-state index contributed by atoms with van der Waals surface area (Å²) in [4.78, 5) is 4.64. The Balaban J connectivity index is 1.42. The molecule has 0 fully saturated rings. The first kappa shape index (κ1) is 19.6. The molecule has 4 nitrogen and oxygen atoms in total. The van der Waals surface area contributed by atoms with Crippen molar-refractivity contribution in [2.75, 3.05) is 11.9 Å². The number of imidazole rings is 1. The van der Waals surface area contributed by atoms with Gasteiger partial charge in [-0.25, -0.2) is 4.98 Å². The SMILES string of the molecule is CCCCCCCOc1ccc2c(c1)CCc1ncc(NCc3ccccc3)n1-2. The first-order valence-electron chi connectivity index (χ1n) is 11.0. The minimum Gasteiger partial charge on any atom is -0.494 e. The Morgan fingerprint density at radius 1 is 1.00 bits per heavy atom. The number of nitrogens with one attached hydrogen (secondary N) is 1. The van der Waals surface area contributed by atoms with Crippen molar-refractivity contribution in [1.29, 1.82) is 0 Å². The third-order valence-corrected chi connectivity index (χ3v) is 5.58. The Morgan fingerprint density at radius 2 is 1.86 bits per heavy atom. The fourth-order valence-electron chi connectivity index (χ4n) is 3.96. The zero-order valence-electron chi connectivity index (χ0n) is 17.4. The molecule has 0 saturated carbocycles. The molecule has 3 aromatic rings. The maximum absolute atomic E-state index is 6.02. The molecule has 0 radical (unpaired) electrons. The number of nitrogens with zero attached hydrogens (tertiary/aromatic N) is 2. The van der Waals surface area contributed by atoms with E-state index in [-0.39, 0.29) is 0 Å². The summed E-state index contributed by atoms with van der Waals surface area (Å²) < 4.78 is 8.28. The third-order valence-electron chi connectivity index (χ3n) is 5.58. The number of aryl methyl sites for hydroxylation is 2. The second-order valence-electron chi connectivity index (χ2n) is 7.79.